The van der Waals surface area contributed by atoms with Gasteiger partial charge in [-0.25, -0.2) is 0 Å². The van der Waals surface area contributed by atoms with Crippen molar-refractivity contribution in [2.75, 3.05) is 5.33 Å². The summed E-state index contributed by atoms with van der Waals surface area (Å²) in [5.74, 6) is 0.0863. The molecular formula is C18H19BrO4S. The molecule has 6 heteroatoms. The predicted octanol–water partition coefficient (Wildman–Crippen LogP) is 4.33. The summed E-state index contributed by atoms with van der Waals surface area (Å²) in [7, 11) is -3.91. The normalized spacial score (nSPS) is 12.0. The maximum atomic E-state index is 12.3. The van der Waals surface area contributed by atoms with Gasteiger partial charge in [0.25, 0.3) is 0 Å². The smallest absolute Gasteiger partial charge is 0.339 e. The molecule has 2 rings (SSSR count). The lowest BCUT2D eigenvalue weighted by atomic mass is 9.87. The molecule has 0 saturated heterocycles. The van der Waals surface area contributed by atoms with Gasteiger partial charge >= 0.3 is 10.1 Å². The van der Waals surface area contributed by atoms with Crippen molar-refractivity contribution in [1.29, 1.82) is 0 Å². The van der Waals surface area contributed by atoms with E-state index in [1.54, 1.807) is 24.3 Å². The van der Waals surface area contributed by atoms with Crippen molar-refractivity contribution in [2.45, 2.75) is 31.1 Å². The molecule has 0 saturated carbocycles. The molecule has 0 amide bonds. The summed E-state index contributed by atoms with van der Waals surface area (Å²) in [4.78, 5) is 11.6. The van der Waals surface area contributed by atoms with E-state index in [1.807, 2.05) is 0 Å². The van der Waals surface area contributed by atoms with Crippen LogP contribution < -0.4 is 4.18 Å². The summed E-state index contributed by atoms with van der Waals surface area (Å²) in [6.45, 7) is 6.17. The Bertz CT molecular complexity index is 817. The third-order valence-corrected chi connectivity index (χ3v) is 5.28. The fourth-order valence-corrected chi connectivity index (χ4v) is 3.32. The molecule has 24 heavy (non-hydrogen) atoms. The van der Waals surface area contributed by atoms with Crippen molar-refractivity contribution in [1.82, 2.24) is 0 Å². The Hall–Kier alpha value is -1.66. The number of carbonyl (C=O) groups excluding carboxylic acids is 1. The molecule has 128 valence electrons. The summed E-state index contributed by atoms with van der Waals surface area (Å²) < 4.78 is 29.8. The van der Waals surface area contributed by atoms with Gasteiger partial charge in [0, 0.05) is 5.56 Å². The fraction of sp³-hybridized carbons (Fsp3) is 0.278. The number of ketones is 1. The van der Waals surface area contributed by atoms with Gasteiger partial charge in [-0.2, -0.15) is 8.42 Å². The number of hydrogen-bond donors (Lipinski definition) is 0. The van der Waals surface area contributed by atoms with E-state index in [0.717, 1.165) is 5.56 Å². The zero-order chi connectivity index (χ0) is 18.0. The van der Waals surface area contributed by atoms with Gasteiger partial charge in [0.15, 0.2) is 5.78 Å². The Morgan fingerprint density at radius 3 is 2.00 bits per heavy atom. The van der Waals surface area contributed by atoms with E-state index in [4.69, 9.17) is 4.18 Å². The van der Waals surface area contributed by atoms with E-state index in [1.165, 1.54) is 24.3 Å². The lowest BCUT2D eigenvalue weighted by Crippen LogP contribution is -2.13. The molecule has 0 aromatic heterocycles. The lowest BCUT2D eigenvalue weighted by molar-refractivity contribution is 0.102. The second-order valence-corrected chi connectivity index (χ2v) is 8.50. The molecule has 0 fully saturated rings. The molecule has 2 aromatic rings. The summed E-state index contributed by atoms with van der Waals surface area (Å²) >= 11 is 3.09. The highest BCUT2D eigenvalue weighted by Crippen LogP contribution is 2.25. The molecule has 2 aromatic carbocycles. The maximum absolute atomic E-state index is 12.3. The predicted molar refractivity (Wildman–Crippen MR) is 97.5 cm³/mol. The van der Waals surface area contributed by atoms with Crippen LogP contribution in [0, 0.1) is 0 Å². The van der Waals surface area contributed by atoms with E-state index >= 15 is 0 Å². The number of halogens is 1. The minimum atomic E-state index is -3.91. The first-order valence-electron chi connectivity index (χ1n) is 7.38. The zero-order valence-electron chi connectivity index (χ0n) is 13.7. The molecule has 4 nitrogen and oxygen atoms in total. The average molecular weight is 411 g/mol. The van der Waals surface area contributed by atoms with Crippen molar-refractivity contribution >= 4 is 31.8 Å². The van der Waals surface area contributed by atoms with E-state index in [0.29, 0.717) is 5.56 Å². The van der Waals surface area contributed by atoms with E-state index in [-0.39, 0.29) is 27.2 Å². The van der Waals surface area contributed by atoms with Crippen LogP contribution >= 0.6 is 15.9 Å². The molecular weight excluding hydrogens is 392 g/mol. The SMILES string of the molecule is CC(C)(C)c1ccc(S(=O)(=O)Oc2ccc(C(=O)CBr)cc2)cc1. The first-order chi connectivity index (χ1) is 11.1. The van der Waals surface area contributed by atoms with Gasteiger partial charge in [-0.05, 0) is 47.4 Å². The van der Waals surface area contributed by atoms with Crippen LogP contribution in [-0.2, 0) is 15.5 Å². The standard InChI is InChI=1S/C18H19BrO4S/c1-18(2,3)14-6-10-16(11-7-14)24(21,22)23-15-8-4-13(5-9-15)17(20)12-19/h4-11H,12H2,1-3H3. The van der Waals surface area contributed by atoms with E-state index in [2.05, 4.69) is 36.7 Å². The van der Waals surface area contributed by atoms with Crippen molar-refractivity contribution in [3.05, 3.63) is 59.7 Å². The van der Waals surface area contributed by atoms with Crippen molar-refractivity contribution in [3.63, 3.8) is 0 Å². The number of hydrogen-bond acceptors (Lipinski definition) is 4. The average Bonchev–Trinajstić information content (AvgIpc) is 2.54. The Morgan fingerprint density at radius 2 is 1.54 bits per heavy atom. The Morgan fingerprint density at radius 1 is 1.00 bits per heavy atom. The highest BCUT2D eigenvalue weighted by Gasteiger charge is 2.19. The molecule has 0 spiro atoms. The summed E-state index contributed by atoms with van der Waals surface area (Å²) in [5, 5.41) is 0.214. The Kier molecular flexibility index (Phi) is 5.50. The summed E-state index contributed by atoms with van der Waals surface area (Å²) in [6, 6.07) is 12.7. The van der Waals surface area contributed by atoms with Gasteiger partial charge in [-0.3, -0.25) is 4.79 Å². The van der Waals surface area contributed by atoms with E-state index < -0.39 is 10.1 Å². The molecule has 0 atom stereocenters. The highest BCUT2D eigenvalue weighted by atomic mass is 79.9. The molecule has 0 aliphatic heterocycles. The molecule has 0 unspecified atom stereocenters. The minimum absolute atomic E-state index is 0.0546. The van der Waals surface area contributed by atoms with Gasteiger partial charge in [0.05, 0.1) is 5.33 Å². The van der Waals surface area contributed by atoms with Crippen LogP contribution in [0.3, 0.4) is 0 Å². The first-order valence-corrected chi connectivity index (χ1v) is 9.91. The third kappa shape index (κ3) is 4.45. The van der Waals surface area contributed by atoms with Crippen LogP contribution in [0.5, 0.6) is 5.75 Å². The molecule has 0 heterocycles. The minimum Gasteiger partial charge on any atom is -0.379 e. The molecule has 0 radical (unpaired) electrons. The van der Waals surface area contributed by atoms with Crippen molar-refractivity contribution in [3.8, 4) is 5.75 Å². The first kappa shape index (κ1) is 18.7. The zero-order valence-corrected chi connectivity index (χ0v) is 16.1. The van der Waals surface area contributed by atoms with Crippen LogP contribution in [0.4, 0.5) is 0 Å². The van der Waals surface area contributed by atoms with Gasteiger partial charge in [0.1, 0.15) is 10.6 Å². The number of Topliss-reactive ketones (excluding diaryl/α,β-unsaturated/α-hetero) is 1. The third-order valence-electron chi connectivity index (χ3n) is 3.51. The monoisotopic (exact) mass is 410 g/mol. The molecule has 0 aliphatic rings. The maximum Gasteiger partial charge on any atom is 0.339 e. The van der Waals surface area contributed by atoms with Crippen LogP contribution in [0.25, 0.3) is 0 Å². The number of rotatable bonds is 5. The molecule has 0 bridgehead atoms. The van der Waals surface area contributed by atoms with Crippen molar-refractivity contribution < 1.29 is 17.4 Å². The topological polar surface area (TPSA) is 60.4 Å². The van der Waals surface area contributed by atoms with Crippen LogP contribution in [-0.4, -0.2) is 19.5 Å². The molecule has 0 aliphatic carbocycles. The Balaban J connectivity index is 2.20. The number of carbonyl (C=O) groups is 1. The number of alkyl halides is 1. The largest absolute Gasteiger partial charge is 0.379 e. The Labute approximate surface area is 151 Å². The van der Waals surface area contributed by atoms with Gasteiger partial charge in [-0.15, -0.1) is 0 Å². The second-order valence-electron chi connectivity index (χ2n) is 6.39. The van der Waals surface area contributed by atoms with Gasteiger partial charge in [0.2, 0.25) is 0 Å². The van der Waals surface area contributed by atoms with Gasteiger partial charge < -0.3 is 4.18 Å². The molecule has 0 N–H and O–H groups in total. The van der Waals surface area contributed by atoms with Crippen LogP contribution in [0.15, 0.2) is 53.4 Å². The van der Waals surface area contributed by atoms with Crippen LogP contribution in [0.1, 0.15) is 36.7 Å². The summed E-state index contributed by atoms with van der Waals surface area (Å²) in [5.41, 5.74) is 1.48. The van der Waals surface area contributed by atoms with Gasteiger partial charge in [-0.1, -0.05) is 48.8 Å². The lowest BCUT2D eigenvalue weighted by Gasteiger charge is -2.19. The van der Waals surface area contributed by atoms with Crippen LogP contribution in [0.2, 0.25) is 0 Å². The second kappa shape index (κ2) is 7.07. The fourth-order valence-electron chi connectivity index (χ4n) is 2.07. The number of benzene rings is 2. The van der Waals surface area contributed by atoms with E-state index in [9.17, 15) is 13.2 Å². The van der Waals surface area contributed by atoms with Crippen molar-refractivity contribution in [2.24, 2.45) is 0 Å². The quantitative estimate of drug-likeness (QED) is 0.418. The highest BCUT2D eigenvalue weighted by molar-refractivity contribution is 9.09. The summed E-state index contributed by atoms with van der Waals surface area (Å²) in [6.07, 6.45) is 0.